The van der Waals surface area contributed by atoms with Gasteiger partial charge in [-0.05, 0) is 25.7 Å². The first-order chi connectivity index (χ1) is 8.22. The van der Waals surface area contributed by atoms with Gasteiger partial charge < -0.3 is 0 Å². The number of hydrogen-bond donors (Lipinski definition) is 2. The van der Waals surface area contributed by atoms with Crippen molar-refractivity contribution in [1.82, 2.24) is 9.97 Å². The molecule has 0 saturated heterocycles. The van der Waals surface area contributed by atoms with Crippen LogP contribution in [-0.2, 0) is 0 Å². The lowest BCUT2D eigenvalue weighted by Gasteiger charge is -2.31. The van der Waals surface area contributed by atoms with Crippen LogP contribution < -0.4 is 11.0 Å². The lowest BCUT2D eigenvalue weighted by molar-refractivity contribution is 0.466. The molecule has 5 heteroatoms. The number of allylic oxidation sites excluding steroid dienone is 2. The van der Waals surface area contributed by atoms with Gasteiger partial charge in [-0.1, -0.05) is 12.2 Å². The summed E-state index contributed by atoms with van der Waals surface area (Å²) in [5, 5.41) is 4.32. The van der Waals surface area contributed by atoms with E-state index in [2.05, 4.69) is 32.6 Å². The van der Waals surface area contributed by atoms with Crippen LogP contribution in [0.1, 0.15) is 18.5 Å². The number of aromatic amines is 1. The highest BCUT2D eigenvalue weighted by molar-refractivity contribution is 5.94. The molecule has 0 radical (unpaired) electrons. The van der Waals surface area contributed by atoms with E-state index in [0.717, 1.165) is 12.8 Å². The van der Waals surface area contributed by atoms with Gasteiger partial charge in [0.1, 0.15) is 0 Å². The number of nitrogens with zero attached hydrogens (tertiary/aromatic N) is 2. The Balaban J connectivity index is 1.72. The number of aromatic nitrogens is 2. The number of rotatable bonds is 2. The summed E-state index contributed by atoms with van der Waals surface area (Å²) in [6.45, 7) is 1.79. The summed E-state index contributed by atoms with van der Waals surface area (Å²) in [5.74, 6) is 1.66. The Morgan fingerprint density at radius 3 is 3.24 bits per heavy atom. The quantitative estimate of drug-likeness (QED) is 0.596. The number of fused-ring (bicyclic) bond motifs is 1. The van der Waals surface area contributed by atoms with Gasteiger partial charge in [0.05, 0.1) is 0 Å². The van der Waals surface area contributed by atoms with Crippen LogP contribution in [0, 0.1) is 18.8 Å². The molecule has 1 saturated carbocycles. The molecular formula is C12H14N4O. The van der Waals surface area contributed by atoms with Crippen LogP contribution in [-0.4, -0.2) is 15.7 Å². The van der Waals surface area contributed by atoms with E-state index in [1.165, 1.54) is 11.8 Å². The fourth-order valence-electron chi connectivity index (χ4n) is 2.42. The molecule has 88 valence electrons. The summed E-state index contributed by atoms with van der Waals surface area (Å²) in [7, 11) is 0. The van der Waals surface area contributed by atoms with Crippen molar-refractivity contribution in [3.05, 3.63) is 34.3 Å². The first-order valence-electron chi connectivity index (χ1n) is 5.79. The zero-order valence-corrected chi connectivity index (χ0v) is 9.60. The topological polar surface area (TPSA) is 70.1 Å². The molecule has 2 atom stereocenters. The van der Waals surface area contributed by atoms with Crippen molar-refractivity contribution in [3.8, 4) is 0 Å². The maximum atomic E-state index is 11.2. The monoisotopic (exact) mass is 230 g/mol. The SMILES string of the molecule is Cc1cc(=O)[nH]c(N/N=C2/C[C@H]3C=CC[C@@H]23)n1. The molecule has 0 spiro atoms. The fourth-order valence-corrected chi connectivity index (χ4v) is 2.42. The minimum Gasteiger partial charge on any atom is -0.291 e. The average molecular weight is 230 g/mol. The predicted molar refractivity (Wildman–Crippen MR) is 66.0 cm³/mol. The maximum absolute atomic E-state index is 11.2. The molecule has 5 nitrogen and oxygen atoms in total. The molecule has 2 N–H and O–H groups in total. The van der Waals surface area contributed by atoms with Crippen LogP contribution in [0.5, 0.6) is 0 Å². The normalized spacial score (nSPS) is 27.9. The molecule has 1 aromatic rings. The van der Waals surface area contributed by atoms with Crippen molar-refractivity contribution in [3.63, 3.8) is 0 Å². The number of H-pyrrole nitrogens is 1. The van der Waals surface area contributed by atoms with Gasteiger partial charge in [0.25, 0.3) is 5.56 Å². The third-order valence-electron chi connectivity index (χ3n) is 3.34. The Kier molecular flexibility index (Phi) is 2.31. The van der Waals surface area contributed by atoms with E-state index >= 15 is 0 Å². The Labute approximate surface area is 98.7 Å². The van der Waals surface area contributed by atoms with Gasteiger partial charge in [-0.3, -0.25) is 9.78 Å². The van der Waals surface area contributed by atoms with E-state index in [4.69, 9.17) is 0 Å². The van der Waals surface area contributed by atoms with Crippen molar-refractivity contribution in [2.45, 2.75) is 19.8 Å². The molecule has 0 aliphatic heterocycles. The minimum absolute atomic E-state index is 0.158. The lowest BCUT2D eigenvalue weighted by Crippen LogP contribution is -2.33. The van der Waals surface area contributed by atoms with E-state index < -0.39 is 0 Å². The number of hydrogen-bond acceptors (Lipinski definition) is 4. The molecule has 17 heavy (non-hydrogen) atoms. The molecule has 0 bridgehead atoms. The third-order valence-corrected chi connectivity index (χ3v) is 3.34. The van der Waals surface area contributed by atoms with E-state index in [0.29, 0.717) is 23.5 Å². The number of nitrogens with one attached hydrogen (secondary N) is 2. The lowest BCUT2D eigenvalue weighted by atomic mass is 9.74. The molecule has 0 unspecified atom stereocenters. The van der Waals surface area contributed by atoms with E-state index in [9.17, 15) is 4.79 Å². The van der Waals surface area contributed by atoms with Crippen molar-refractivity contribution in [2.75, 3.05) is 5.43 Å². The highest BCUT2D eigenvalue weighted by Crippen LogP contribution is 2.40. The van der Waals surface area contributed by atoms with Crippen LogP contribution in [0.3, 0.4) is 0 Å². The van der Waals surface area contributed by atoms with Gasteiger partial charge in [-0.15, -0.1) is 0 Å². The zero-order valence-electron chi connectivity index (χ0n) is 9.60. The van der Waals surface area contributed by atoms with Crippen molar-refractivity contribution < 1.29 is 0 Å². The molecule has 2 aliphatic carbocycles. The summed E-state index contributed by atoms with van der Waals surface area (Å²) in [5.41, 5.74) is 4.53. The standard InChI is InChI=1S/C12H14N4O/c1-7-5-11(17)14-12(13-7)16-15-10-6-8-3-2-4-9(8)10/h2-3,5,8-9H,4,6H2,1H3,(H2,13,14,16,17)/b15-10-/t8-,9-/m1/s1. The van der Waals surface area contributed by atoms with Gasteiger partial charge >= 0.3 is 0 Å². The molecule has 0 aromatic carbocycles. The minimum atomic E-state index is -0.158. The summed E-state index contributed by atoms with van der Waals surface area (Å²) >= 11 is 0. The molecule has 1 fully saturated rings. The summed E-state index contributed by atoms with van der Waals surface area (Å²) in [6.07, 6.45) is 6.58. The largest absolute Gasteiger partial charge is 0.291 e. The van der Waals surface area contributed by atoms with Gasteiger partial charge in [0, 0.05) is 23.4 Å². The summed E-state index contributed by atoms with van der Waals surface area (Å²) in [4.78, 5) is 18.0. The number of hydrazone groups is 1. The Hall–Kier alpha value is -1.91. The average Bonchev–Trinajstić information content (AvgIpc) is 2.59. The van der Waals surface area contributed by atoms with Crippen LogP contribution in [0.4, 0.5) is 5.95 Å². The first kappa shape index (κ1) is 10.3. The molecule has 0 amide bonds. The van der Waals surface area contributed by atoms with Gasteiger partial charge in [0.15, 0.2) is 0 Å². The number of anilines is 1. The van der Waals surface area contributed by atoms with Crippen LogP contribution in [0.25, 0.3) is 0 Å². The molecular weight excluding hydrogens is 216 g/mol. The molecule has 1 aromatic heterocycles. The van der Waals surface area contributed by atoms with Gasteiger partial charge in [-0.25, -0.2) is 10.4 Å². The Bertz CT molecular complexity index is 558. The van der Waals surface area contributed by atoms with Crippen LogP contribution in [0.15, 0.2) is 28.1 Å². The van der Waals surface area contributed by atoms with Gasteiger partial charge in [-0.2, -0.15) is 5.10 Å². The van der Waals surface area contributed by atoms with Crippen molar-refractivity contribution >= 4 is 11.7 Å². The van der Waals surface area contributed by atoms with Crippen molar-refractivity contribution in [2.24, 2.45) is 16.9 Å². The second-order valence-corrected chi connectivity index (χ2v) is 4.59. The fraction of sp³-hybridized carbons (Fsp3) is 0.417. The highest BCUT2D eigenvalue weighted by Gasteiger charge is 2.37. The van der Waals surface area contributed by atoms with Crippen molar-refractivity contribution in [1.29, 1.82) is 0 Å². The van der Waals surface area contributed by atoms with E-state index in [1.807, 2.05) is 0 Å². The van der Waals surface area contributed by atoms with E-state index in [1.54, 1.807) is 6.92 Å². The first-order valence-corrected chi connectivity index (χ1v) is 5.79. The zero-order chi connectivity index (χ0) is 11.8. The summed E-state index contributed by atoms with van der Waals surface area (Å²) in [6, 6.07) is 1.46. The Morgan fingerprint density at radius 1 is 1.59 bits per heavy atom. The molecule has 1 heterocycles. The molecule has 3 rings (SSSR count). The van der Waals surface area contributed by atoms with Crippen LogP contribution in [0.2, 0.25) is 0 Å². The summed E-state index contributed by atoms with van der Waals surface area (Å²) < 4.78 is 0. The molecule has 2 aliphatic rings. The number of aryl methyl sites for hydroxylation is 1. The third kappa shape index (κ3) is 1.88. The predicted octanol–water partition coefficient (Wildman–Crippen LogP) is 1.44. The van der Waals surface area contributed by atoms with Gasteiger partial charge in [0.2, 0.25) is 5.95 Å². The highest BCUT2D eigenvalue weighted by atomic mass is 16.1. The smallest absolute Gasteiger partial charge is 0.252 e. The second kappa shape index (κ2) is 3.84. The Morgan fingerprint density at radius 2 is 2.47 bits per heavy atom. The second-order valence-electron chi connectivity index (χ2n) is 4.59. The van der Waals surface area contributed by atoms with Crippen LogP contribution >= 0.6 is 0 Å². The van der Waals surface area contributed by atoms with E-state index in [-0.39, 0.29) is 5.56 Å². The maximum Gasteiger partial charge on any atom is 0.252 e.